The largest absolute Gasteiger partial charge is 0.462 e. The number of amides is 1. The number of benzene rings is 2. The number of anilines is 1. The van der Waals surface area contributed by atoms with Crippen LogP contribution in [0, 0.1) is 5.82 Å². The van der Waals surface area contributed by atoms with E-state index in [1.54, 1.807) is 19.1 Å². The summed E-state index contributed by atoms with van der Waals surface area (Å²) in [5.74, 6) is -1.06. The minimum atomic E-state index is -0.450. The molecule has 31 heavy (non-hydrogen) atoms. The van der Waals surface area contributed by atoms with Crippen molar-refractivity contribution in [3.8, 4) is 11.1 Å². The van der Waals surface area contributed by atoms with E-state index < -0.39 is 5.97 Å². The third-order valence-corrected chi connectivity index (χ3v) is 6.36. The summed E-state index contributed by atoms with van der Waals surface area (Å²) >= 11 is 1.31. The number of hydrogen-bond acceptors (Lipinski definition) is 4. The van der Waals surface area contributed by atoms with Crippen molar-refractivity contribution < 1.29 is 18.7 Å². The lowest BCUT2D eigenvalue weighted by Gasteiger charge is -2.17. The highest BCUT2D eigenvalue weighted by Crippen LogP contribution is 2.38. The summed E-state index contributed by atoms with van der Waals surface area (Å²) in [6.07, 6.45) is 4.62. The number of nitrogens with one attached hydrogen (secondary N) is 1. The van der Waals surface area contributed by atoms with Crippen LogP contribution in [-0.4, -0.2) is 18.5 Å². The maximum absolute atomic E-state index is 13.1. The molecular formula is C25H24FNO3S. The zero-order valence-corrected chi connectivity index (χ0v) is 18.2. The Labute approximate surface area is 185 Å². The molecule has 0 radical (unpaired) electrons. The number of rotatable bonds is 6. The fourth-order valence-electron chi connectivity index (χ4n) is 3.93. The fraction of sp³-hybridized carbons (Fsp3) is 0.280. The molecule has 1 aromatic heterocycles. The van der Waals surface area contributed by atoms with Crippen LogP contribution in [0.3, 0.4) is 0 Å². The number of halogens is 1. The van der Waals surface area contributed by atoms with Crippen LogP contribution in [0.15, 0.2) is 47.8 Å². The van der Waals surface area contributed by atoms with Gasteiger partial charge in [-0.1, -0.05) is 30.3 Å². The molecule has 0 fully saturated rings. The van der Waals surface area contributed by atoms with Crippen LogP contribution in [0.4, 0.5) is 9.39 Å². The number of hydrogen-bond donors (Lipinski definition) is 1. The molecule has 3 aromatic rings. The SMILES string of the molecule is CCOC(=O)c1c(-c2ccc3c(c2)CCCC3)csc1NC(=O)Cc1ccc(F)cc1. The zero-order chi connectivity index (χ0) is 21.8. The smallest absolute Gasteiger partial charge is 0.341 e. The highest BCUT2D eigenvalue weighted by atomic mass is 32.1. The fourth-order valence-corrected chi connectivity index (χ4v) is 4.90. The van der Waals surface area contributed by atoms with Crippen LogP contribution in [0.25, 0.3) is 11.1 Å². The van der Waals surface area contributed by atoms with E-state index in [1.165, 1.54) is 47.4 Å². The Bertz CT molecular complexity index is 1100. The zero-order valence-electron chi connectivity index (χ0n) is 17.4. The summed E-state index contributed by atoms with van der Waals surface area (Å²) in [7, 11) is 0. The third kappa shape index (κ3) is 4.85. The molecule has 0 atom stereocenters. The van der Waals surface area contributed by atoms with Crippen LogP contribution in [-0.2, 0) is 28.8 Å². The van der Waals surface area contributed by atoms with E-state index >= 15 is 0 Å². The maximum Gasteiger partial charge on any atom is 0.341 e. The molecule has 4 rings (SSSR count). The summed E-state index contributed by atoms with van der Waals surface area (Å²) in [6, 6.07) is 12.1. The molecular weight excluding hydrogens is 413 g/mol. The van der Waals surface area contributed by atoms with Crippen molar-refractivity contribution in [1.29, 1.82) is 0 Å². The van der Waals surface area contributed by atoms with Gasteiger partial charge in [-0.3, -0.25) is 4.79 Å². The van der Waals surface area contributed by atoms with E-state index in [1.807, 2.05) is 11.4 Å². The van der Waals surface area contributed by atoms with E-state index in [0.29, 0.717) is 16.1 Å². The van der Waals surface area contributed by atoms with Gasteiger partial charge in [-0.15, -0.1) is 11.3 Å². The molecule has 0 bridgehead atoms. The quantitative estimate of drug-likeness (QED) is 0.497. The van der Waals surface area contributed by atoms with E-state index in [0.717, 1.165) is 24.0 Å². The van der Waals surface area contributed by atoms with E-state index in [2.05, 4.69) is 17.4 Å². The Morgan fingerprint density at radius 3 is 2.55 bits per heavy atom. The van der Waals surface area contributed by atoms with Crippen LogP contribution >= 0.6 is 11.3 Å². The second kappa shape index (κ2) is 9.43. The summed E-state index contributed by atoms with van der Waals surface area (Å²) < 4.78 is 18.4. The number of carbonyl (C=O) groups is 2. The number of fused-ring (bicyclic) bond motifs is 1. The maximum atomic E-state index is 13.1. The Hall–Kier alpha value is -2.99. The first kappa shape index (κ1) is 21.2. The van der Waals surface area contributed by atoms with Crippen molar-refractivity contribution in [1.82, 2.24) is 0 Å². The van der Waals surface area contributed by atoms with Gasteiger partial charge in [0, 0.05) is 10.9 Å². The molecule has 0 saturated carbocycles. The van der Waals surface area contributed by atoms with Crippen LogP contribution in [0.2, 0.25) is 0 Å². The van der Waals surface area contributed by atoms with Crippen molar-refractivity contribution >= 4 is 28.2 Å². The summed E-state index contributed by atoms with van der Waals surface area (Å²) in [4.78, 5) is 25.4. The molecule has 1 aliphatic rings. The minimum Gasteiger partial charge on any atom is -0.462 e. The van der Waals surface area contributed by atoms with Crippen molar-refractivity contribution in [3.63, 3.8) is 0 Å². The minimum absolute atomic E-state index is 0.0919. The first-order valence-corrected chi connectivity index (χ1v) is 11.4. The molecule has 6 heteroatoms. The summed E-state index contributed by atoms with van der Waals surface area (Å²) in [6.45, 7) is 2.01. The van der Waals surface area contributed by atoms with Crippen molar-refractivity contribution in [2.75, 3.05) is 11.9 Å². The molecule has 1 N–H and O–H groups in total. The van der Waals surface area contributed by atoms with Crippen molar-refractivity contribution in [2.24, 2.45) is 0 Å². The number of thiophene rings is 1. The molecule has 0 aliphatic heterocycles. The molecule has 1 heterocycles. The average Bonchev–Trinajstić information content (AvgIpc) is 3.18. The highest BCUT2D eigenvalue weighted by Gasteiger charge is 2.23. The molecule has 160 valence electrons. The van der Waals surface area contributed by atoms with Gasteiger partial charge in [0.05, 0.1) is 13.0 Å². The van der Waals surface area contributed by atoms with Gasteiger partial charge in [0.2, 0.25) is 5.91 Å². The van der Waals surface area contributed by atoms with Crippen LogP contribution < -0.4 is 5.32 Å². The predicted octanol–water partition coefficient (Wildman–Crippen LogP) is 5.79. The molecule has 2 aromatic carbocycles. The van der Waals surface area contributed by atoms with Crippen LogP contribution in [0.5, 0.6) is 0 Å². The molecule has 0 spiro atoms. The summed E-state index contributed by atoms with van der Waals surface area (Å²) in [5.41, 5.74) is 5.51. The highest BCUT2D eigenvalue weighted by molar-refractivity contribution is 7.15. The normalized spacial score (nSPS) is 12.8. The third-order valence-electron chi connectivity index (χ3n) is 5.46. The van der Waals surface area contributed by atoms with Gasteiger partial charge in [-0.05, 0) is 67.0 Å². The Balaban J connectivity index is 1.62. The van der Waals surface area contributed by atoms with Crippen molar-refractivity contribution in [3.05, 3.63) is 75.9 Å². The first-order chi connectivity index (χ1) is 15.0. The van der Waals surface area contributed by atoms with Gasteiger partial charge in [0.1, 0.15) is 16.4 Å². The lowest BCUT2D eigenvalue weighted by Crippen LogP contribution is -2.16. The molecule has 0 unspecified atom stereocenters. The first-order valence-electron chi connectivity index (χ1n) is 10.5. The molecule has 0 saturated heterocycles. The van der Waals surface area contributed by atoms with Gasteiger partial charge >= 0.3 is 5.97 Å². The lowest BCUT2D eigenvalue weighted by molar-refractivity contribution is -0.115. The average molecular weight is 438 g/mol. The molecule has 4 nitrogen and oxygen atoms in total. The van der Waals surface area contributed by atoms with Gasteiger partial charge < -0.3 is 10.1 Å². The monoisotopic (exact) mass is 437 g/mol. The topological polar surface area (TPSA) is 55.4 Å². The van der Waals surface area contributed by atoms with Gasteiger partial charge in [0.25, 0.3) is 0 Å². The second-order valence-corrected chi connectivity index (χ2v) is 8.50. The summed E-state index contributed by atoms with van der Waals surface area (Å²) in [5, 5.41) is 5.21. The molecule has 1 aliphatic carbocycles. The van der Waals surface area contributed by atoms with E-state index in [4.69, 9.17) is 4.74 Å². The predicted molar refractivity (Wildman–Crippen MR) is 121 cm³/mol. The number of ether oxygens (including phenoxy) is 1. The standard InChI is InChI=1S/C25H24FNO3S/c1-2-30-25(29)23-21(19-10-9-17-5-3-4-6-18(17)14-19)15-31-24(23)27-22(28)13-16-7-11-20(26)12-8-16/h7-12,14-15H,2-6,13H2,1H3,(H,27,28). The van der Waals surface area contributed by atoms with E-state index in [9.17, 15) is 14.0 Å². The van der Waals surface area contributed by atoms with Gasteiger partial charge in [0.15, 0.2) is 0 Å². The Morgan fingerprint density at radius 1 is 1.06 bits per heavy atom. The Kier molecular flexibility index (Phi) is 6.47. The van der Waals surface area contributed by atoms with Crippen LogP contribution in [0.1, 0.15) is 46.8 Å². The lowest BCUT2D eigenvalue weighted by atomic mass is 9.89. The van der Waals surface area contributed by atoms with Gasteiger partial charge in [-0.2, -0.15) is 0 Å². The van der Waals surface area contributed by atoms with E-state index in [-0.39, 0.29) is 24.8 Å². The van der Waals surface area contributed by atoms with Crippen molar-refractivity contribution in [2.45, 2.75) is 39.0 Å². The Morgan fingerprint density at radius 2 is 1.81 bits per heavy atom. The number of aryl methyl sites for hydroxylation is 2. The number of esters is 1. The second-order valence-electron chi connectivity index (χ2n) is 7.62. The molecule has 1 amide bonds. The van der Waals surface area contributed by atoms with Gasteiger partial charge in [-0.25, -0.2) is 9.18 Å². The number of carbonyl (C=O) groups excluding carboxylic acids is 2.